The van der Waals surface area contributed by atoms with E-state index in [-0.39, 0.29) is 4.83 Å². The molecule has 0 fully saturated rings. The molecular formula is C11H13BrO2S. The second-order valence-electron chi connectivity index (χ2n) is 3.36. The highest BCUT2D eigenvalue weighted by atomic mass is 79.9. The van der Waals surface area contributed by atoms with Crippen LogP contribution >= 0.6 is 15.9 Å². The summed E-state index contributed by atoms with van der Waals surface area (Å²) in [4.78, 5) is 0.384. The van der Waals surface area contributed by atoms with Gasteiger partial charge in [-0.05, 0) is 26.0 Å². The lowest BCUT2D eigenvalue weighted by atomic mass is 10.2. The van der Waals surface area contributed by atoms with Crippen molar-refractivity contribution in [3.8, 4) is 0 Å². The van der Waals surface area contributed by atoms with E-state index in [0.29, 0.717) is 4.90 Å². The van der Waals surface area contributed by atoms with E-state index < -0.39 is 9.84 Å². The van der Waals surface area contributed by atoms with Crippen molar-refractivity contribution < 1.29 is 8.42 Å². The number of hydrogen-bond acceptors (Lipinski definition) is 2. The highest BCUT2D eigenvalue weighted by molar-refractivity contribution is 9.09. The first kappa shape index (κ1) is 12.5. The molecule has 1 rings (SSSR count). The number of benzene rings is 1. The number of allylic oxidation sites excluding steroid dienone is 1. The quantitative estimate of drug-likeness (QED) is 0.801. The van der Waals surface area contributed by atoms with Gasteiger partial charge < -0.3 is 0 Å². The van der Waals surface area contributed by atoms with Gasteiger partial charge in [-0.2, -0.15) is 0 Å². The molecule has 1 unspecified atom stereocenters. The van der Waals surface area contributed by atoms with E-state index in [0.717, 1.165) is 5.56 Å². The highest BCUT2D eigenvalue weighted by Crippen LogP contribution is 2.14. The van der Waals surface area contributed by atoms with Crippen LogP contribution in [0.2, 0.25) is 0 Å². The van der Waals surface area contributed by atoms with Crippen LogP contribution in [0.5, 0.6) is 0 Å². The van der Waals surface area contributed by atoms with E-state index in [1.54, 1.807) is 30.3 Å². The zero-order chi connectivity index (χ0) is 11.5. The van der Waals surface area contributed by atoms with Crippen LogP contribution in [-0.2, 0) is 9.84 Å². The van der Waals surface area contributed by atoms with Crippen LogP contribution in [-0.4, -0.2) is 13.2 Å². The van der Waals surface area contributed by atoms with Gasteiger partial charge >= 0.3 is 0 Å². The van der Waals surface area contributed by atoms with Crippen LogP contribution in [0.3, 0.4) is 0 Å². The van der Waals surface area contributed by atoms with E-state index in [2.05, 4.69) is 15.9 Å². The lowest BCUT2D eigenvalue weighted by Gasteiger charge is -2.00. The zero-order valence-electron chi connectivity index (χ0n) is 8.64. The molecule has 0 heterocycles. The third-order valence-corrected chi connectivity index (χ3v) is 3.62. The average Bonchev–Trinajstić information content (AvgIpc) is 2.16. The Kier molecular flexibility index (Phi) is 4.11. The number of halogens is 1. The van der Waals surface area contributed by atoms with Gasteiger partial charge in [-0.25, -0.2) is 8.42 Å². The normalized spacial score (nSPS) is 14.3. The molecule has 15 heavy (non-hydrogen) atoms. The molecule has 0 aromatic heterocycles. The molecule has 0 aliphatic carbocycles. The SMILES string of the molecule is Cc1ccc(S(=O)(=O)/C=C/C(C)Br)cc1. The van der Waals surface area contributed by atoms with Crippen LogP contribution in [0.4, 0.5) is 0 Å². The topological polar surface area (TPSA) is 34.1 Å². The van der Waals surface area contributed by atoms with Gasteiger partial charge in [-0.1, -0.05) is 39.7 Å². The number of alkyl halides is 1. The maximum absolute atomic E-state index is 11.7. The molecule has 1 aromatic rings. The van der Waals surface area contributed by atoms with Crippen LogP contribution in [0.1, 0.15) is 12.5 Å². The maximum Gasteiger partial charge on any atom is 0.199 e. The number of rotatable bonds is 3. The van der Waals surface area contributed by atoms with Crippen molar-refractivity contribution >= 4 is 25.8 Å². The Balaban J connectivity index is 3.02. The lowest BCUT2D eigenvalue weighted by Crippen LogP contribution is -1.97. The fourth-order valence-corrected chi connectivity index (χ4v) is 2.49. The molecule has 0 saturated heterocycles. The molecule has 1 aromatic carbocycles. The zero-order valence-corrected chi connectivity index (χ0v) is 11.0. The third-order valence-electron chi connectivity index (χ3n) is 1.87. The average molecular weight is 289 g/mol. The summed E-state index contributed by atoms with van der Waals surface area (Å²) in [5.41, 5.74) is 1.05. The van der Waals surface area contributed by atoms with Crippen molar-refractivity contribution in [1.29, 1.82) is 0 Å². The highest BCUT2D eigenvalue weighted by Gasteiger charge is 2.09. The first-order valence-electron chi connectivity index (χ1n) is 4.56. The Morgan fingerprint density at radius 2 is 1.80 bits per heavy atom. The minimum absolute atomic E-state index is 0.0534. The third kappa shape index (κ3) is 3.80. The Hall–Kier alpha value is -0.610. The van der Waals surface area contributed by atoms with E-state index in [1.807, 2.05) is 13.8 Å². The predicted molar refractivity (Wildman–Crippen MR) is 65.9 cm³/mol. The molecule has 0 saturated carbocycles. The van der Waals surface area contributed by atoms with E-state index in [9.17, 15) is 8.42 Å². The van der Waals surface area contributed by atoms with Gasteiger partial charge in [-0.15, -0.1) is 0 Å². The Bertz CT molecular complexity index is 444. The van der Waals surface area contributed by atoms with Crippen molar-refractivity contribution in [2.45, 2.75) is 23.6 Å². The Labute approximate surface area is 99.1 Å². The molecule has 2 nitrogen and oxygen atoms in total. The fraction of sp³-hybridized carbons (Fsp3) is 0.273. The number of sulfone groups is 1. The molecule has 0 amide bonds. The summed E-state index contributed by atoms with van der Waals surface area (Å²) in [5.74, 6) is 0. The fourth-order valence-electron chi connectivity index (χ4n) is 1.02. The molecule has 0 spiro atoms. The van der Waals surface area contributed by atoms with Crippen molar-refractivity contribution in [3.05, 3.63) is 41.3 Å². The second-order valence-corrected chi connectivity index (χ2v) is 6.64. The van der Waals surface area contributed by atoms with Gasteiger partial charge in [-0.3, -0.25) is 0 Å². The van der Waals surface area contributed by atoms with Crippen molar-refractivity contribution in [2.75, 3.05) is 0 Å². The molecule has 0 aliphatic rings. The van der Waals surface area contributed by atoms with Crippen LogP contribution in [0.15, 0.2) is 40.6 Å². The second kappa shape index (κ2) is 4.94. The molecule has 4 heteroatoms. The van der Waals surface area contributed by atoms with Crippen LogP contribution in [0, 0.1) is 6.92 Å². The Morgan fingerprint density at radius 1 is 1.27 bits per heavy atom. The van der Waals surface area contributed by atoms with Gasteiger partial charge in [0.25, 0.3) is 0 Å². The van der Waals surface area contributed by atoms with E-state index in [1.165, 1.54) is 5.41 Å². The summed E-state index contributed by atoms with van der Waals surface area (Å²) < 4.78 is 23.5. The van der Waals surface area contributed by atoms with Gasteiger partial charge in [0.05, 0.1) is 4.90 Å². The van der Waals surface area contributed by atoms with Gasteiger partial charge in [0.1, 0.15) is 0 Å². The van der Waals surface area contributed by atoms with Gasteiger partial charge in [0, 0.05) is 10.2 Å². The summed E-state index contributed by atoms with van der Waals surface area (Å²) in [6.45, 7) is 3.79. The first-order chi connectivity index (χ1) is 6.92. The van der Waals surface area contributed by atoms with E-state index in [4.69, 9.17) is 0 Å². The van der Waals surface area contributed by atoms with Crippen molar-refractivity contribution in [2.24, 2.45) is 0 Å². The molecule has 0 radical (unpaired) electrons. The minimum atomic E-state index is -3.28. The van der Waals surface area contributed by atoms with E-state index >= 15 is 0 Å². The van der Waals surface area contributed by atoms with Gasteiger partial charge in [0.15, 0.2) is 9.84 Å². The predicted octanol–water partition coefficient (Wildman–Crippen LogP) is 3.07. The largest absolute Gasteiger partial charge is 0.219 e. The van der Waals surface area contributed by atoms with Gasteiger partial charge in [0.2, 0.25) is 0 Å². The summed E-state index contributed by atoms with van der Waals surface area (Å²) in [5, 5.41) is 1.23. The molecule has 0 N–H and O–H groups in total. The number of aryl methyl sites for hydroxylation is 1. The molecule has 0 bridgehead atoms. The monoisotopic (exact) mass is 288 g/mol. The maximum atomic E-state index is 11.7. The summed E-state index contributed by atoms with van der Waals surface area (Å²) in [7, 11) is -3.28. The Morgan fingerprint density at radius 3 is 2.27 bits per heavy atom. The lowest BCUT2D eigenvalue weighted by molar-refractivity contribution is 0.604. The molecule has 1 atom stereocenters. The number of hydrogen-bond donors (Lipinski definition) is 0. The standard InChI is InChI=1S/C11H13BrO2S/c1-9-3-5-11(6-4-9)15(13,14)8-7-10(2)12/h3-8,10H,1-2H3/b8-7+. The molecule has 0 aliphatic heterocycles. The van der Waals surface area contributed by atoms with Crippen molar-refractivity contribution in [1.82, 2.24) is 0 Å². The first-order valence-corrected chi connectivity index (χ1v) is 7.02. The minimum Gasteiger partial charge on any atom is -0.219 e. The molecule has 82 valence electrons. The summed E-state index contributed by atoms with van der Waals surface area (Å²) >= 11 is 3.26. The van der Waals surface area contributed by atoms with Crippen LogP contribution < -0.4 is 0 Å². The van der Waals surface area contributed by atoms with Crippen molar-refractivity contribution in [3.63, 3.8) is 0 Å². The van der Waals surface area contributed by atoms with Crippen LogP contribution in [0.25, 0.3) is 0 Å². The molecular weight excluding hydrogens is 276 g/mol. The summed E-state index contributed by atoms with van der Waals surface area (Å²) in [6.07, 6.45) is 1.61. The summed E-state index contributed by atoms with van der Waals surface area (Å²) in [6, 6.07) is 6.82. The smallest absolute Gasteiger partial charge is 0.199 e.